The van der Waals surface area contributed by atoms with Crippen molar-refractivity contribution in [3.05, 3.63) is 28.2 Å². The van der Waals surface area contributed by atoms with Crippen molar-refractivity contribution in [2.75, 3.05) is 0 Å². The second kappa shape index (κ2) is 5.10. The zero-order valence-corrected chi connectivity index (χ0v) is 12.9. The van der Waals surface area contributed by atoms with Crippen LogP contribution >= 0.6 is 15.9 Å². The van der Waals surface area contributed by atoms with Gasteiger partial charge >= 0.3 is 0 Å². The average molecular weight is 325 g/mol. The van der Waals surface area contributed by atoms with Crippen LogP contribution in [0.15, 0.2) is 22.7 Å². The number of ether oxygens (including phenoxy) is 1. The van der Waals surface area contributed by atoms with E-state index < -0.39 is 0 Å². The summed E-state index contributed by atoms with van der Waals surface area (Å²) >= 11 is 3.49. The van der Waals surface area contributed by atoms with E-state index in [-0.39, 0.29) is 11.7 Å². The Bertz CT molecular complexity index is 474. The molecular weight excluding hydrogens is 304 g/mol. The quantitative estimate of drug-likeness (QED) is 0.817. The minimum Gasteiger partial charge on any atom is -0.486 e. The van der Waals surface area contributed by atoms with Crippen LogP contribution in [0.4, 0.5) is 0 Å². The Hall–Kier alpha value is -0.540. The molecule has 2 aliphatic rings. The maximum Gasteiger partial charge on any atom is 0.127 e. The zero-order chi connectivity index (χ0) is 13.5. The second-order valence-corrected chi connectivity index (χ2v) is 6.84. The van der Waals surface area contributed by atoms with Gasteiger partial charge in [0.2, 0.25) is 0 Å². The SMILES string of the molecule is CCC1CCCCC12CC(O)c1ccc(Br)cc1O2. The lowest BCUT2D eigenvalue weighted by Gasteiger charge is -2.48. The van der Waals surface area contributed by atoms with Gasteiger partial charge in [0, 0.05) is 16.5 Å². The molecule has 3 heteroatoms. The van der Waals surface area contributed by atoms with Gasteiger partial charge in [-0.2, -0.15) is 0 Å². The van der Waals surface area contributed by atoms with Gasteiger partial charge < -0.3 is 9.84 Å². The van der Waals surface area contributed by atoms with Crippen molar-refractivity contribution in [3.63, 3.8) is 0 Å². The van der Waals surface area contributed by atoms with E-state index in [4.69, 9.17) is 4.74 Å². The fourth-order valence-electron chi connectivity index (χ4n) is 3.83. The van der Waals surface area contributed by atoms with Gasteiger partial charge in [-0.15, -0.1) is 0 Å². The summed E-state index contributed by atoms with van der Waals surface area (Å²) in [5, 5.41) is 10.5. The molecule has 1 saturated carbocycles. The number of fused-ring (bicyclic) bond motifs is 1. The van der Waals surface area contributed by atoms with Gasteiger partial charge in [0.05, 0.1) is 6.10 Å². The minimum absolute atomic E-state index is 0.139. The molecule has 0 radical (unpaired) electrons. The Labute approximate surface area is 123 Å². The highest BCUT2D eigenvalue weighted by molar-refractivity contribution is 9.10. The van der Waals surface area contributed by atoms with Crippen LogP contribution in [0.3, 0.4) is 0 Å². The predicted molar refractivity (Wildman–Crippen MR) is 79.3 cm³/mol. The largest absolute Gasteiger partial charge is 0.486 e. The van der Waals surface area contributed by atoms with Gasteiger partial charge in [-0.05, 0) is 43.7 Å². The Morgan fingerprint density at radius 2 is 2.26 bits per heavy atom. The average Bonchev–Trinajstić information content (AvgIpc) is 2.38. The highest BCUT2D eigenvalue weighted by Crippen LogP contribution is 2.49. The molecule has 1 N–H and O–H groups in total. The number of aliphatic hydroxyl groups excluding tert-OH is 1. The molecule has 1 aromatic rings. The van der Waals surface area contributed by atoms with Crippen molar-refractivity contribution >= 4 is 15.9 Å². The standard InChI is InChI=1S/C16H21BrO2/c1-2-11-5-3-4-8-16(11)10-14(18)13-7-6-12(17)9-15(13)19-16/h6-7,9,11,14,18H,2-5,8,10H2,1H3. The first-order valence-corrected chi connectivity index (χ1v) is 8.10. The number of hydrogen-bond acceptors (Lipinski definition) is 2. The van der Waals surface area contributed by atoms with Crippen molar-refractivity contribution in [2.45, 2.75) is 57.2 Å². The maximum absolute atomic E-state index is 10.5. The molecule has 3 atom stereocenters. The Kier molecular flexibility index (Phi) is 3.61. The van der Waals surface area contributed by atoms with E-state index in [2.05, 4.69) is 22.9 Å². The number of halogens is 1. The molecule has 0 amide bonds. The molecule has 1 aliphatic heterocycles. The summed E-state index contributed by atoms with van der Waals surface area (Å²) in [6.07, 6.45) is 6.32. The van der Waals surface area contributed by atoms with Gasteiger partial charge in [0.15, 0.2) is 0 Å². The lowest BCUT2D eigenvalue weighted by atomic mass is 9.69. The lowest BCUT2D eigenvalue weighted by Crippen LogP contribution is -2.49. The highest BCUT2D eigenvalue weighted by Gasteiger charge is 2.46. The third-order valence-corrected chi connectivity index (χ3v) is 5.32. The molecule has 1 spiro atoms. The maximum atomic E-state index is 10.5. The van der Waals surface area contributed by atoms with Crippen LogP contribution in [0, 0.1) is 5.92 Å². The topological polar surface area (TPSA) is 29.5 Å². The smallest absolute Gasteiger partial charge is 0.127 e. The third-order valence-electron chi connectivity index (χ3n) is 4.83. The molecule has 1 heterocycles. The van der Waals surface area contributed by atoms with Crippen molar-refractivity contribution in [1.82, 2.24) is 0 Å². The molecule has 3 unspecified atom stereocenters. The fraction of sp³-hybridized carbons (Fsp3) is 0.625. The summed E-state index contributed by atoms with van der Waals surface area (Å²) in [5.74, 6) is 1.44. The summed E-state index contributed by atoms with van der Waals surface area (Å²) in [4.78, 5) is 0. The first-order chi connectivity index (χ1) is 9.14. The summed E-state index contributed by atoms with van der Waals surface area (Å²) in [6.45, 7) is 2.24. The first-order valence-electron chi connectivity index (χ1n) is 7.31. The lowest BCUT2D eigenvalue weighted by molar-refractivity contribution is -0.0782. The minimum atomic E-state index is -0.385. The monoisotopic (exact) mass is 324 g/mol. The molecule has 1 aliphatic carbocycles. The van der Waals surface area contributed by atoms with E-state index in [9.17, 15) is 5.11 Å². The van der Waals surface area contributed by atoms with E-state index in [1.807, 2.05) is 18.2 Å². The number of benzene rings is 1. The Balaban J connectivity index is 1.98. The van der Waals surface area contributed by atoms with Gasteiger partial charge in [-0.1, -0.05) is 35.3 Å². The van der Waals surface area contributed by atoms with Gasteiger partial charge in [0.25, 0.3) is 0 Å². The predicted octanol–water partition coefficient (Wildman–Crippen LogP) is 4.60. The Morgan fingerprint density at radius 1 is 1.42 bits per heavy atom. The van der Waals surface area contributed by atoms with E-state index in [1.165, 1.54) is 19.3 Å². The molecule has 19 heavy (non-hydrogen) atoms. The number of aliphatic hydroxyl groups is 1. The van der Waals surface area contributed by atoms with E-state index >= 15 is 0 Å². The molecule has 0 bridgehead atoms. The second-order valence-electron chi connectivity index (χ2n) is 5.92. The van der Waals surface area contributed by atoms with E-state index in [0.717, 1.165) is 35.0 Å². The first kappa shape index (κ1) is 13.4. The van der Waals surface area contributed by atoms with Crippen molar-refractivity contribution in [2.24, 2.45) is 5.92 Å². The summed E-state index contributed by atoms with van der Waals surface area (Å²) in [5.41, 5.74) is 0.800. The fourth-order valence-corrected chi connectivity index (χ4v) is 4.17. The van der Waals surface area contributed by atoms with Crippen LogP contribution in [0.25, 0.3) is 0 Å². The van der Waals surface area contributed by atoms with Gasteiger partial charge in [0.1, 0.15) is 11.4 Å². The molecule has 104 valence electrons. The van der Waals surface area contributed by atoms with Crippen LogP contribution in [0.5, 0.6) is 5.75 Å². The number of hydrogen-bond donors (Lipinski definition) is 1. The molecule has 3 rings (SSSR count). The molecule has 0 aromatic heterocycles. The summed E-state index contributed by atoms with van der Waals surface area (Å²) in [7, 11) is 0. The molecule has 1 fully saturated rings. The van der Waals surface area contributed by atoms with Crippen LogP contribution in [0.2, 0.25) is 0 Å². The van der Waals surface area contributed by atoms with Crippen LogP contribution in [0.1, 0.15) is 57.1 Å². The molecular formula is C16H21BrO2. The van der Waals surface area contributed by atoms with Crippen molar-refractivity contribution in [1.29, 1.82) is 0 Å². The van der Waals surface area contributed by atoms with Crippen LogP contribution < -0.4 is 4.74 Å². The van der Waals surface area contributed by atoms with E-state index in [0.29, 0.717) is 5.92 Å². The van der Waals surface area contributed by atoms with Gasteiger partial charge in [-0.25, -0.2) is 0 Å². The molecule has 0 saturated heterocycles. The Morgan fingerprint density at radius 3 is 3.05 bits per heavy atom. The summed E-state index contributed by atoms with van der Waals surface area (Å²) in [6, 6.07) is 5.95. The van der Waals surface area contributed by atoms with Crippen LogP contribution in [-0.4, -0.2) is 10.7 Å². The number of rotatable bonds is 1. The zero-order valence-electron chi connectivity index (χ0n) is 11.4. The normalized spacial score (nSPS) is 33.8. The van der Waals surface area contributed by atoms with Gasteiger partial charge in [-0.3, -0.25) is 0 Å². The molecule has 2 nitrogen and oxygen atoms in total. The molecule has 1 aromatic carbocycles. The van der Waals surface area contributed by atoms with Crippen molar-refractivity contribution < 1.29 is 9.84 Å². The van der Waals surface area contributed by atoms with E-state index in [1.54, 1.807) is 0 Å². The van der Waals surface area contributed by atoms with Crippen LogP contribution in [-0.2, 0) is 0 Å². The summed E-state index contributed by atoms with van der Waals surface area (Å²) < 4.78 is 7.44. The highest BCUT2D eigenvalue weighted by atomic mass is 79.9. The third kappa shape index (κ3) is 2.31. The van der Waals surface area contributed by atoms with Crippen molar-refractivity contribution in [3.8, 4) is 5.75 Å².